The lowest BCUT2D eigenvalue weighted by Gasteiger charge is -2.35. The molecule has 0 aliphatic carbocycles. The molecule has 9 heteroatoms. The molecule has 0 spiro atoms. The molecule has 2 aromatic heterocycles. The first-order chi connectivity index (χ1) is 19.7. The molecule has 2 N–H and O–H groups in total. The van der Waals surface area contributed by atoms with Gasteiger partial charge in [0.1, 0.15) is 28.9 Å². The second-order valence-corrected chi connectivity index (χ2v) is 11.5. The molecule has 2 saturated heterocycles. The molecule has 0 saturated carbocycles. The van der Waals surface area contributed by atoms with E-state index in [4.69, 9.17) is 11.4 Å². The number of piperazine rings is 1. The molecule has 4 aromatic rings. The van der Waals surface area contributed by atoms with Crippen molar-refractivity contribution >= 4 is 33.2 Å². The van der Waals surface area contributed by atoms with Gasteiger partial charge < -0.3 is 25.1 Å². The standard InChI is InChI=1S/C32H34F2N6O/c1-6-23-26(33)10-7-19-13-22(41)14-24(28(19)23)30-29(34)27-18(2)31(39(5)12-11-38(3)4)37-32(25(27)15-35-30)40-16-20-8-9-21(17-40)36-20/h1,7,10,13-15,20-21,36,41H,8-9,11-12,16-17H2,2-5H3. The Morgan fingerprint density at radius 1 is 1.10 bits per heavy atom. The molecule has 2 unspecified atom stereocenters. The molecule has 2 bridgehead atoms. The lowest BCUT2D eigenvalue weighted by molar-refractivity contribution is 0.416. The number of aromatic hydroxyl groups is 1. The number of phenolic OH excluding ortho intramolecular Hbond substituents is 1. The van der Waals surface area contributed by atoms with Gasteiger partial charge in [0.05, 0.1) is 5.56 Å². The molecule has 0 radical (unpaired) electrons. The highest BCUT2D eigenvalue weighted by molar-refractivity contribution is 6.04. The molecule has 4 heterocycles. The molecule has 2 atom stereocenters. The van der Waals surface area contributed by atoms with Gasteiger partial charge in [0, 0.05) is 78.8 Å². The van der Waals surface area contributed by atoms with E-state index < -0.39 is 11.6 Å². The van der Waals surface area contributed by atoms with Crippen LogP contribution < -0.4 is 15.1 Å². The minimum absolute atomic E-state index is 0.00280. The van der Waals surface area contributed by atoms with E-state index in [9.17, 15) is 9.50 Å². The average molecular weight is 557 g/mol. The van der Waals surface area contributed by atoms with Gasteiger partial charge in [-0.2, -0.15) is 0 Å². The quantitative estimate of drug-likeness (QED) is 0.335. The number of pyridine rings is 2. The van der Waals surface area contributed by atoms with Crippen LogP contribution in [0.2, 0.25) is 0 Å². The molecule has 212 valence electrons. The maximum atomic E-state index is 16.9. The Kier molecular flexibility index (Phi) is 6.92. The Hall–Kier alpha value is -4.00. The number of terminal acetylenes is 1. The fourth-order valence-electron chi connectivity index (χ4n) is 6.36. The molecule has 41 heavy (non-hydrogen) atoms. The van der Waals surface area contributed by atoms with Crippen molar-refractivity contribution in [2.45, 2.75) is 31.8 Å². The van der Waals surface area contributed by atoms with Crippen LogP contribution in [0.3, 0.4) is 0 Å². The number of hydrogen-bond donors (Lipinski definition) is 2. The first-order valence-electron chi connectivity index (χ1n) is 13.9. The number of aromatic nitrogens is 2. The summed E-state index contributed by atoms with van der Waals surface area (Å²) in [7, 11) is 6.00. The number of aryl methyl sites for hydroxylation is 1. The number of anilines is 2. The Morgan fingerprint density at radius 3 is 2.51 bits per heavy atom. The highest BCUT2D eigenvalue weighted by atomic mass is 19.1. The minimum atomic E-state index is -0.589. The van der Waals surface area contributed by atoms with Gasteiger partial charge >= 0.3 is 0 Å². The zero-order valence-electron chi connectivity index (χ0n) is 23.8. The lowest BCUT2D eigenvalue weighted by Crippen LogP contribution is -2.51. The Morgan fingerprint density at radius 2 is 1.83 bits per heavy atom. The summed E-state index contributed by atoms with van der Waals surface area (Å²) in [6, 6.07) is 6.40. The molecule has 6 rings (SSSR count). The van der Waals surface area contributed by atoms with Gasteiger partial charge in [-0.3, -0.25) is 4.98 Å². The SMILES string of the molecule is C#Cc1c(F)ccc2cc(O)cc(-c3ncc4c(N5CC6CCC(C5)N6)nc(N(C)CCN(C)C)c(C)c4c3F)c12. The third-order valence-corrected chi connectivity index (χ3v) is 8.39. The number of likely N-dealkylation sites (N-methyl/N-ethyl adjacent to an activating group) is 2. The summed E-state index contributed by atoms with van der Waals surface area (Å²) in [5.74, 6) is 2.59. The smallest absolute Gasteiger partial charge is 0.157 e. The molecule has 2 aliphatic heterocycles. The fraction of sp³-hybridized carbons (Fsp3) is 0.375. The van der Waals surface area contributed by atoms with E-state index in [2.05, 4.69) is 30.9 Å². The number of hydrogen-bond acceptors (Lipinski definition) is 7. The highest BCUT2D eigenvalue weighted by Crippen LogP contribution is 2.41. The zero-order chi connectivity index (χ0) is 29.0. The molecular formula is C32H34F2N6O. The van der Waals surface area contributed by atoms with Gasteiger partial charge in [0.2, 0.25) is 0 Å². The van der Waals surface area contributed by atoms with Crippen LogP contribution in [-0.2, 0) is 0 Å². The van der Waals surface area contributed by atoms with Crippen molar-refractivity contribution < 1.29 is 13.9 Å². The normalized spacial score (nSPS) is 18.4. The summed E-state index contributed by atoms with van der Waals surface area (Å²) in [6.45, 7) is 4.96. The van der Waals surface area contributed by atoms with E-state index in [1.165, 1.54) is 24.3 Å². The van der Waals surface area contributed by atoms with Crippen molar-refractivity contribution in [1.82, 2.24) is 20.2 Å². The summed E-state index contributed by atoms with van der Waals surface area (Å²) in [5.41, 5.74) is 0.943. The summed E-state index contributed by atoms with van der Waals surface area (Å²) < 4.78 is 31.7. The number of rotatable bonds is 6. The summed E-state index contributed by atoms with van der Waals surface area (Å²) >= 11 is 0. The number of benzene rings is 2. The van der Waals surface area contributed by atoms with Gasteiger partial charge in [0.25, 0.3) is 0 Å². The van der Waals surface area contributed by atoms with Crippen molar-refractivity contribution in [2.24, 2.45) is 0 Å². The van der Waals surface area contributed by atoms with Crippen molar-refractivity contribution in [3.63, 3.8) is 0 Å². The van der Waals surface area contributed by atoms with Crippen molar-refractivity contribution in [3.05, 3.63) is 53.2 Å². The average Bonchev–Trinajstić information content (AvgIpc) is 3.28. The number of fused-ring (bicyclic) bond motifs is 4. The fourth-order valence-corrected chi connectivity index (χ4v) is 6.36. The predicted octanol–water partition coefficient (Wildman–Crippen LogP) is 4.66. The second kappa shape index (κ2) is 10.4. The van der Waals surface area contributed by atoms with Gasteiger partial charge in [-0.15, -0.1) is 6.42 Å². The van der Waals surface area contributed by atoms with Gasteiger partial charge in [-0.1, -0.05) is 12.0 Å². The van der Waals surface area contributed by atoms with E-state index in [1.54, 1.807) is 6.20 Å². The topological polar surface area (TPSA) is 67.8 Å². The summed E-state index contributed by atoms with van der Waals surface area (Å²) in [6.07, 6.45) is 9.56. The van der Waals surface area contributed by atoms with E-state index in [1.807, 2.05) is 28.1 Å². The minimum Gasteiger partial charge on any atom is -0.508 e. The van der Waals surface area contributed by atoms with Crippen LogP contribution >= 0.6 is 0 Å². The van der Waals surface area contributed by atoms with E-state index in [-0.39, 0.29) is 22.6 Å². The number of nitrogens with one attached hydrogen (secondary N) is 1. The monoisotopic (exact) mass is 556 g/mol. The van der Waals surface area contributed by atoms with Crippen molar-refractivity contribution in [1.29, 1.82) is 0 Å². The third kappa shape index (κ3) is 4.71. The molecule has 2 aromatic carbocycles. The third-order valence-electron chi connectivity index (χ3n) is 8.39. The second-order valence-electron chi connectivity index (χ2n) is 11.5. The van der Waals surface area contributed by atoms with Crippen LogP contribution in [0.15, 0.2) is 30.5 Å². The molecule has 0 amide bonds. The Bertz CT molecular complexity index is 1700. The number of phenols is 1. The Balaban J connectivity index is 1.61. The molecule has 2 aliphatic rings. The van der Waals surface area contributed by atoms with Gasteiger partial charge in [0.15, 0.2) is 5.82 Å². The zero-order valence-corrected chi connectivity index (χ0v) is 23.8. The first kappa shape index (κ1) is 27.2. The van der Waals surface area contributed by atoms with Crippen LogP contribution in [0.1, 0.15) is 24.0 Å². The predicted molar refractivity (Wildman–Crippen MR) is 161 cm³/mol. The summed E-state index contributed by atoms with van der Waals surface area (Å²) in [4.78, 5) is 16.1. The van der Waals surface area contributed by atoms with Crippen LogP contribution in [0.5, 0.6) is 5.75 Å². The lowest BCUT2D eigenvalue weighted by atomic mass is 9.94. The van der Waals surface area contributed by atoms with Crippen LogP contribution in [0.25, 0.3) is 32.8 Å². The van der Waals surface area contributed by atoms with E-state index in [0.717, 1.165) is 32.5 Å². The maximum Gasteiger partial charge on any atom is 0.157 e. The van der Waals surface area contributed by atoms with Crippen LogP contribution in [0, 0.1) is 30.9 Å². The van der Waals surface area contributed by atoms with Gasteiger partial charge in [-0.05, 0) is 57.4 Å². The first-order valence-corrected chi connectivity index (χ1v) is 13.9. The molecule has 7 nitrogen and oxygen atoms in total. The van der Waals surface area contributed by atoms with Crippen LogP contribution in [0.4, 0.5) is 20.4 Å². The van der Waals surface area contributed by atoms with E-state index in [0.29, 0.717) is 57.4 Å². The Labute approximate surface area is 238 Å². The van der Waals surface area contributed by atoms with Gasteiger partial charge in [-0.25, -0.2) is 13.8 Å². The highest BCUT2D eigenvalue weighted by Gasteiger charge is 2.34. The molecule has 2 fully saturated rings. The largest absolute Gasteiger partial charge is 0.508 e. The van der Waals surface area contributed by atoms with Crippen molar-refractivity contribution in [3.8, 4) is 29.4 Å². The van der Waals surface area contributed by atoms with E-state index >= 15 is 4.39 Å². The van der Waals surface area contributed by atoms with Crippen LogP contribution in [-0.4, -0.2) is 79.4 Å². The number of halogens is 2. The molecular weight excluding hydrogens is 522 g/mol. The van der Waals surface area contributed by atoms with Crippen molar-refractivity contribution in [2.75, 3.05) is 57.1 Å². The maximum absolute atomic E-state index is 16.9. The number of nitrogens with zero attached hydrogens (tertiary/aromatic N) is 5. The summed E-state index contributed by atoms with van der Waals surface area (Å²) in [5, 5.41) is 16.1.